The maximum atomic E-state index is 13.6. The molecule has 0 aliphatic carbocycles. The van der Waals surface area contributed by atoms with E-state index >= 15 is 0 Å². The van der Waals surface area contributed by atoms with E-state index in [2.05, 4.69) is 20.7 Å². The van der Waals surface area contributed by atoms with Gasteiger partial charge in [0.15, 0.2) is 0 Å². The van der Waals surface area contributed by atoms with Crippen molar-refractivity contribution in [1.29, 1.82) is 0 Å². The molecule has 0 aliphatic heterocycles. The number of hydrogen-bond donors (Lipinski definition) is 1. The third kappa shape index (κ3) is 3.51. The third-order valence-corrected chi connectivity index (χ3v) is 2.95. The molecule has 17 heavy (non-hydrogen) atoms. The lowest BCUT2D eigenvalue weighted by atomic mass is 10.0. The highest BCUT2D eigenvalue weighted by Crippen LogP contribution is 2.28. The molecule has 3 nitrogen and oxygen atoms in total. The summed E-state index contributed by atoms with van der Waals surface area (Å²) in [6, 6.07) is 5.06. The molecule has 2 atom stereocenters. The van der Waals surface area contributed by atoms with Crippen molar-refractivity contribution < 1.29 is 19.0 Å². The van der Waals surface area contributed by atoms with Crippen molar-refractivity contribution in [3.63, 3.8) is 0 Å². The minimum absolute atomic E-state index is 0.0844. The molecule has 2 unspecified atom stereocenters. The number of aliphatic hydroxyl groups is 1. The van der Waals surface area contributed by atoms with Crippen LogP contribution in [0.2, 0.25) is 0 Å². The van der Waals surface area contributed by atoms with Crippen LogP contribution in [0.3, 0.4) is 0 Å². The first-order valence-corrected chi connectivity index (χ1v) is 6.01. The average molecular weight is 305 g/mol. The van der Waals surface area contributed by atoms with Gasteiger partial charge in [-0.2, -0.15) is 0 Å². The number of carbonyl (C=O) groups excluding carboxylic acids is 1. The van der Waals surface area contributed by atoms with Crippen LogP contribution in [-0.2, 0) is 9.53 Å². The number of aryl methyl sites for hydroxylation is 1. The van der Waals surface area contributed by atoms with E-state index in [1.165, 1.54) is 0 Å². The number of rotatable bonds is 4. The molecule has 94 valence electrons. The summed E-state index contributed by atoms with van der Waals surface area (Å²) in [7, 11) is 0. The summed E-state index contributed by atoms with van der Waals surface area (Å²) in [4.78, 5) is 11.2. The molecule has 5 heteroatoms. The fourth-order valence-electron chi connectivity index (χ4n) is 1.38. The van der Waals surface area contributed by atoms with Gasteiger partial charge in [0.05, 0.1) is 6.61 Å². The summed E-state index contributed by atoms with van der Waals surface area (Å²) < 4.78 is 18.7. The number of alkyl halides is 1. The van der Waals surface area contributed by atoms with Crippen LogP contribution < -0.4 is 0 Å². The number of benzene rings is 1. The zero-order chi connectivity index (χ0) is 13.0. The summed E-state index contributed by atoms with van der Waals surface area (Å²) in [5.74, 6) is -1.05. The van der Waals surface area contributed by atoms with Crippen LogP contribution >= 0.6 is 15.9 Å². The minimum atomic E-state index is -2.08. The molecule has 0 heterocycles. The Labute approximate surface area is 108 Å². The molecule has 1 aromatic rings. The van der Waals surface area contributed by atoms with Crippen LogP contribution in [-0.4, -0.2) is 23.9 Å². The highest BCUT2D eigenvalue weighted by molar-refractivity contribution is 9.10. The number of esters is 1. The Bertz CT molecular complexity index is 409. The number of carbonyl (C=O) groups is 1. The molecule has 0 saturated carbocycles. The maximum Gasteiger partial charge on any atom is 0.343 e. The first kappa shape index (κ1) is 14.1. The lowest BCUT2D eigenvalue weighted by Gasteiger charge is -2.16. The van der Waals surface area contributed by atoms with Gasteiger partial charge in [0.1, 0.15) is 6.10 Å². The van der Waals surface area contributed by atoms with Gasteiger partial charge in [0.2, 0.25) is 6.17 Å². The molecule has 0 spiro atoms. The van der Waals surface area contributed by atoms with E-state index < -0.39 is 18.2 Å². The number of halogens is 2. The average Bonchev–Trinajstić information content (AvgIpc) is 2.27. The highest BCUT2D eigenvalue weighted by atomic mass is 79.9. The van der Waals surface area contributed by atoms with Crippen molar-refractivity contribution in [2.45, 2.75) is 26.1 Å². The second-order valence-electron chi connectivity index (χ2n) is 3.62. The predicted molar refractivity (Wildman–Crippen MR) is 65.4 cm³/mol. The standard InChI is InChI=1S/C12H14BrFO3/c1-3-17-12(16)10(14)11(15)8-5-4-7(2)6-9(8)13/h4-6,10-11,15H,3H2,1-2H3. The van der Waals surface area contributed by atoms with Gasteiger partial charge >= 0.3 is 5.97 Å². The Morgan fingerprint density at radius 3 is 2.76 bits per heavy atom. The number of ether oxygens (including phenoxy) is 1. The minimum Gasteiger partial charge on any atom is -0.464 e. The summed E-state index contributed by atoms with van der Waals surface area (Å²) in [5.41, 5.74) is 1.30. The SMILES string of the molecule is CCOC(=O)C(F)C(O)c1ccc(C)cc1Br. The molecular weight excluding hydrogens is 291 g/mol. The maximum absolute atomic E-state index is 13.6. The largest absolute Gasteiger partial charge is 0.464 e. The van der Waals surface area contributed by atoms with Crippen molar-refractivity contribution in [2.75, 3.05) is 6.61 Å². The predicted octanol–water partition coefficient (Wildman–Crippen LogP) is 2.69. The van der Waals surface area contributed by atoms with Crippen LogP contribution in [0, 0.1) is 6.92 Å². The molecule has 0 aromatic heterocycles. The van der Waals surface area contributed by atoms with Crippen LogP contribution in [0.5, 0.6) is 0 Å². The number of aliphatic hydroxyl groups excluding tert-OH is 1. The van der Waals surface area contributed by atoms with Gasteiger partial charge in [0, 0.05) is 4.47 Å². The Balaban J connectivity index is 2.88. The van der Waals surface area contributed by atoms with E-state index in [-0.39, 0.29) is 6.61 Å². The monoisotopic (exact) mass is 304 g/mol. The van der Waals surface area contributed by atoms with E-state index in [1.54, 1.807) is 25.1 Å². The van der Waals surface area contributed by atoms with Crippen molar-refractivity contribution in [2.24, 2.45) is 0 Å². The molecule has 1 N–H and O–H groups in total. The first-order valence-electron chi connectivity index (χ1n) is 5.22. The summed E-state index contributed by atoms with van der Waals surface area (Å²) in [6.45, 7) is 3.54. The van der Waals surface area contributed by atoms with Gasteiger partial charge in [-0.1, -0.05) is 28.1 Å². The second kappa shape index (κ2) is 6.12. The Hall–Kier alpha value is -0.940. The molecule has 0 saturated heterocycles. The van der Waals surface area contributed by atoms with Crippen molar-refractivity contribution in [3.8, 4) is 0 Å². The van der Waals surface area contributed by atoms with Crippen molar-refractivity contribution in [1.82, 2.24) is 0 Å². The van der Waals surface area contributed by atoms with Gasteiger partial charge in [-0.3, -0.25) is 0 Å². The molecule has 1 rings (SSSR count). The molecule has 0 radical (unpaired) electrons. The van der Waals surface area contributed by atoms with Gasteiger partial charge in [-0.05, 0) is 31.0 Å². The van der Waals surface area contributed by atoms with Crippen LogP contribution in [0.15, 0.2) is 22.7 Å². The van der Waals surface area contributed by atoms with Gasteiger partial charge in [0.25, 0.3) is 0 Å². The topological polar surface area (TPSA) is 46.5 Å². The van der Waals surface area contributed by atoms with Crippen LogP contribution in [0.25, 0.3) is 0 Å². The van der Waals surface area contributed by atoms with E-state index in [0.29, 0.717) is 10.0 Å². The normalized spacial score (nSPS) is 14.2. The molecule has 0 aliphatic rings. The van der Waals surface area contributed by atoms with E-state index in [9.17, 15) is 14.3 Å². The molecule has 1 aromatic carbocycles. The van der Waals surface area contributed by atoms with Gasteiger partial charge in [-0.15, -0.1) is 0 Å². The zero-order valence-corrected chi connectivity index (χ0v) is 11.2. The Morgan fingerprint density at radius 1 is 1.59 bits per heavy atom. The molecule has 0 bridgehead atoms. The zero-order valence-electron chi connectivity index (χ0n) is 9.61. The Morgan fingerprint density at radius 2 is 2.24 bits per heavy atom. The lowest BCUT2D eigenvalue weighted by molar-refractivity contribution is -0.153. The fraction of sp³-hybridized carbons (Fsp3) is 0.417. The van der Waals surface area contributed by atoms with Crippen molar-refractivity contribution >= 4 is 21.9 Å². The highest BCUT2D eigenvalue weighted by Gasteiger charge is 2.30. The molecule has 0 fully saturated rings. The van der Waals surface area contributed by atoms with Crippen LogP contribution in [0.4, 0.5) is 4.39 Å². The summed E-state index contributed by atoms with van der Waals surface area (Å²) >= 11 is 3.23. The smallest absolute Gasteiger partial charge is 0.343 e. The fourth-order valence-corrected chi connectivity index (χ4v) is 2.11. The van der Waals surface area contributed by atoms with E-state index in [4.69, 9.17) is 0 Å². The van der Waals surface area contributed by atoms with E-state index in [1.807, 2.05) is 6.92 Å². The van der Waals surface area contributed by atoms with Crippen molar-refractivity contribution in [3.05, 3.63) is 33.8 Å². The first-order chi connectivity index (χ1) is 7.97. The second-order valence-corrected chi connectivity index (χ2v) is 4.48. The summed E-state index contributed by atoms with van der Waals surface area (Å²) in [6.07, 6.45) is -3.60. The lowest BCUT2D eigenvalue weighted by Crippen LogP contribution is -2.26. The Kier molecular flexibility index (Phi) is 5.08. The summed E-state index contributed by atoms with van der Waals surface area (Å²) in [5, 5.41) is 9.75. The molecule has 0 amide bonds. The van der Waals surface area contributed by atoms with Gasteiger partial charge < -0.3 is 9.84 Å². The number of hydrogen-bond acceptors (Lipinski definition) is 3. The van der Waals surface area contributed by atoms with Gasteiger partial charge in [-0.25, -0.2) is 9.18 Å². The van der Waals surface area contributed by atoms with E-state index in [0.717, 1.165) is 5.56 Å². The quantitative estimate of drug-likeness (QED) is 0.870. The van der Waals surface area contributed by atoms with Crippen LogP contribution in [0.1, 0.15) is 24.2 Å². The molecular formula is C12H14BrFO3. The third-order valence-electron chi connectivity index (χ3n) is 2.26.